The molecule has 1 aromatic carbocycles. The number of benzene rings is 1. The SMILES string of the molecule is CCN1C(=O)C(=c2sc3n(c2=O)C(c2cccs2)C(C(=O)OC)=C(C)N=3)c2ccccc21. The third kappa shape index (κ3) is 2.85. The highest BCUT2D eigenvalue weighted by atomic mass is 32.1. The van der Waals surface area contributed by atoms with E-state index in [0.29, 0.717) is 32.7 Å². The van der Waals surface area contributed by atoms with Crippen LogP contribution in [0, 0.1) is 0 Å². The van der Waals surface area contributed by atoms with E-state index < -0.39 is 12.0 Å². The summed E-state index contributed by atoms with van der Waals surface area (Å²) in [6.45, 7) is 4.14. The monoisotopic (exact) mass is 465 g/mol. The summed E-state index contributed by atoms with van der Waals surface area (Å²) in [7, 11) is 1.31. The number of ether oxygens (including phenoxy) is 1. The maximum absolute atomic E-state index is 13.8. The van der Waals surface area contributed by atoms with Crippen LogP contribution in [0.25, 0.3) is 5.57 Å². The van der Waals surface area contributed by atoms with Gasteiger partial charge in [-0.3, -0.25) is 14.2 Å². The first-order chi connectivity index (χ1) is 15.5. The topological polar surface area (TPSA) is 81.0 Å². The smallest absolute Gasteiger partial charge is 0.338 e. The number of aromatic nitrogens is 1. The van der Waals surface area contributed by atoms with Crippen LogP contribution in [0.5, 0.6) is 0 Å². The van der Waals surface area contributed by atoms with Crippen molar-refractivity contribution in [2.45, 2.75) is 19.9 Å². The number of amides is 1. The number of thiophene rings is 1. The second-order valence-corrected chi connectivity index (χ2v) is 9.31. The number of carbonyl (C=O) groups is 2. The quantitative estimate of drug-likeness (QED) is 0.556. The molecule has 2 aromatic heterocycles. The van der Waals surface area contributed by atoms with E-state index in [-0.39, 0.29) is 11.5 Å². The standard InChI is InChI=1S/C23H19N3O4S2/c1-4-25-14-9-6-5-8-13(14)17(20(25)27)19-21(28)26-18(15-10-7-11-31-15)16(22(29)30-3)12(2)24-23(26)32-19/h5-11,18H,4H2,1-3H3. The summed E-state index contributed by atoms with van der Waals surface area (Å²) in [4.78, 5) is 47.2. The van der Waals surface area contributed by atoms with Gasteiger partial charge in [-0.15, -0.1) is 11.3 Å². The zero-order chi connectivity index (χ0) is 22.6. The van der Waals surface area contributed by atoms with Crippen molar-refractivity contribution in [2.75, 3.05) is 18.6 Å². The van der Waals surface area contributed by atoms with E-state index in [1.807, 2.05) is 48.7 Å². The van der Waals surface area contributed by atoms with Gasteiger partial charge in [-0.1, -0.05) is 35.6 Å². The van der Waals surface area contributed by atoms with Crippen molar-refractivity contribution in [1.82, 2.24) is 4.57 Å². The predicted molar refractivity (Wildman–Crippen MR) is 124 cm³/mol. The molecule has 0 aliphatic carbocycles. The summed E-state index contributed by atoms with van der Waals surface area (Å²) in [6.07, 6.45) is 0. The van der Waals surface area contributed by atoms with Crippen LogP contribution in [0.2, 0.25) is 0 Å². The first-order valence-electron chi connectivity index (χ1n) is 10.1. The Kier molecular flexibility index (Phi) is 4.94. The summed E-state index contributed by atoms with van der Waals surface area (Å²) >= 11 is 2.63. The third-order valence-electron chi connectivity index (χ3n) is 5.68. The highest BCUT2D eigenvalue weighted by Gasteiger charge is 2.37. The van der Waals surface area contributed by atoms with Gasteiger partial charge in [0.05, 0.1) is 29.6 Å². The van der Waals surface area contributed by atoms with Crippen LogP contribution in [-0.4, -0.2) is 30.1 Å². The fourth-order valence-electron chi connectivity index (χ4n) is 4.27. The van der Waals surface area contributed by atoms with Crippen LogP contribution in [0.4, 0.5) is 5.69 Å². The molecular weight excluding hydrogens is 446 g/mol. The highest BCUT2D eigenvalue weighted by molar-refractivity contribution is 7.10. The Morgan fingerprint density at radius 2 is 1.97 bits per heavy atom. The number of likely N-dealkylation sites (N-methyl/N-ethyl adjacent to an activating group) is 1. The van der Waals surface area contributed by atoms with E-state index in [1.54, 1.807) is 11.8 Å². The molecule has 0 spiro atoms. The van der Waals surface area contributed by atoms with Gasteiger partial charge in [-0.25, -0.2) is 9.79 Å². The van der Waals surface area contributed by atoms with E-state index in [2.05, 4.69) is 4.99 Å². The van der Waals surface area contributed by atoms with E-state index in [9.17, 15) is 14.4 Å². The van der Waals surface area contributed by atoms with E-state index >= 15 is 0 Å². The van der Waals surface area contributed by atoms with Gasteiger partial charge < -0.3 is 9.64 Å². The lowest BCUT2D eigenvalue weighted by molar-refractivity contribution is -0.136. The van der Waals surface area contributed by atoms with Gasteiger partial charge in [0.25, 0.3) is 11.5 Å². The molecule has 5 rings (SSSR count). The fraction of sp³-hybridized carbons (Fsp3) is 0.217. The number of hydrogen-bond donors (Lipinski definition) is 0. The van der Waals surface area contributed by atoms with Gasteiger partial charge in [0, 0.05) is 17.0 Å². The molecule has 0 N–H and O–H groups in total. The molecule has 7 nitrogen and oxygen atoms in total. The Bertz CT molecular complexity index is 1480. The molecule has 0 saturated carbocycles. The fourth-order valence-corrected chi connectivity index (χ4v) is 6.23. The van der Waals surface area contributed by atoms with Gasteiger partial charge in [0.1, 0.15) is 10.6 Å². The Morgan fingerprint density at radius 1 is 1.19 bits per heavy atom. The van der Waals surface area contributed by atoms with Gasteiger partial charge in [0.15, 0.2) is 4.80 Å². The van der Waals surface area contributed by atoms with E-state index in [4.69, 9.17) is 4.74 Å². The Labute approximate surface area is 191 Å². The first kappa shape index (κ1) is 20.6. The van der Waals surface area contributed by atoms with Crippen LogP contribution in [0.15, 0.2) is 62.8 Å². The molecule has 0 saturated heterocycles. The number of anilines is 1. The summed E-state index contributed by atoms with van der Waals surface area (Å²) in [6, 6.07) is 10.6. The molecule has 0 bridgehead atoms. The number of thiazole rings is 1. The second-order valence-electron chi connectivity index (χ2n) is 7.35. The summed E-state index contributed by atoms with van der Waals surface area (Å²) in [5, 5.41) is 1.90. The van der Waals surface area contributed by atoms with Crippen LogP contribution < -0.4 is 19.8 Å². The Balaban J connectivity index is 1.85. The molecule has 1 amide bonds. The summed E-state index contributed by atoms with van der Waals surface area (Å²) < 4.78 is 6.86. The van der Waals surface area contributed by atoms with Crippen molar-refractivity contribution < 1.29 is 14.3 Å². The lowest BCUT2D eigenvalue weighted by Gasteiger charge is -2.22. The highest BCUT2D eigenvalue weighted by Crippen LogP contribution is 2.36. The van der Waals surface area contributed by atoms with Gasteiger partial charge in [0.2, 0.25) is 0 Å². The maximum atomic E-state index is 13.8. The van der Waals surface area contributed by atoms with Crippen LogP contribution >= 0.6 is 22.7 Å². The average molecular weight is 466 g/mol. The number of hydrogen-bond acceptors (Lipinski definition) is 7. The van der Waals surface area contributed by atoms with Crippen LogP contribution in [0.1, 0.15) is 30.3 Å². The van der Waals surface area contributed by atoms with Crippen molar-refractivity contribution in [1.29, 1.82) is 0 Å². The maximum Gasteiger partial charge on any atom is 0.338 e. The Morgan fingerprint density at radius 3 is 2.66 bits per heavy atom. The number of nitrogens with zero attached hydrogens (tertiary/aromatic N) is 3. The molecular formula is C23H19N3O4S2. The number of rotatable bonds is 3. The minimum absolute atomic E-state index is 0.199. The number of esters is 1. The van der Waals surface area contributed by atoms with Crippen molar-refractivity contribution in [2.24, 2.45) is 4.99 Å². The lowest BCUT2D eigenvalue weighted by atomic mass is 10.0. The molecule has 32 heavy (non-hydrogen) atoms. The van der Waals surface area contributed by atoms with Crippen molar-refractivity contribution in [3.05, 3.63) is 83.2 Å². The zero-order valence-corrected chi connectivity index (χ0v) is 19.3. The van der Waals surface area contributed by atoms with E-state index in [1.165, 1.54) is 34.4 Å². The molecule has 0 radical (unpaired) electrons. The lowest BCUT2D eigenvalue weighted by Crippen LogP contribution is -2.40. The number of carbonyl (C=O) groups excluding carboxylic acids is 2. The molecule has 162 valence electrons. The number of allylic oxidation sites excluding steroid dienone is 1. The molecule has 2 aliphatic heterocycles. The third-order valence-corrected chi connectivity index (χ3v) is 7.66. The summed E-state index contributed by atoms with van der Waals surface area (Å²) in [5.41, 5.74) is 2.41. The Hall–Kier alpha value is -3.30. The first-order valence-corrected chi connectivity index (χ1v) is 11.8. The molecule has 0 fully saturated rings. The second kappa shape index (κ2) is 7.68. The van der Waals surface area contributed by atoms with Gasteiger partial charge in [-0.2, -0.15) is 0 Å². The zero-order valence-electron chi connectivity index (χ0n) is 17.6. The van der Waals surface area contributed by atoms with Crippen molar-refractivity contribution in [3.8, 4) is 0 Å². The minimum atomic E-state index is -0.651. The molecule has 2 aliphatic rings. The van der Waals surface area contributed by atoms with Gasteiger partial charge >= 0.3 is 5.97 Å². The largest absolute Gasteiger partial charge is 0.466 e. The minimum Gasteiger partial charge on any atom is -0.466 e. The molecule has 1 unspecified atom stereocenters. The summed E-state index contributed by atoms with van der Waals surface area (Å²) in [5.74, 6) is -0.724. The number of para-hydroxylation sites is 1. The molecule has 1 atom stereocenters. The van der Waals surface area contributed by atoms with E-state index in [0.717, 1.165) is 16.1 Å². The molecule has 4 heterocycles. The molecule has 3 aromatic rings. The van der Waals surface area contributed by atoms with Crippen molar-refractivity contribution >= 4 is 45.8 Å². The van der Waals surface area contributed by atoms with Crippen molar-refractivity contribution in [3.63, 3.8) is 0 Å². The number of methoxy groups -OCH3 is 1. The average Bonchev–Trinajstić information content (AvgIpc) is 3.49. The predicted octanol–water partition coefficient (Wildman–Crippen LogP) is 2.21. The van der Waals surface area contributed by atoms with Gasteiger partial charge in [-0.05, 0) is 31.4 Å². The van der Waals surface area contributed by atoms with Crippen LogP contribution in [0.3, 0.4) is 0 Å². The normalized spacial score (nSPS) is 19.0. The molecule has 9 heteroatoms. The van der Waals surface area contributed by atoms with Crippen LogP contribution in [-0.2, 0) is 14.3 Å². The number of fused-ring (bicyclic) bond motifs is 2.